The molecule has 1 N–H and O–H groups in total. The monoisotopic (exact) mass is 374 g/mol. The fraction of sp³-hybridized carbons (Fsp3) is 0.231. The summed E-state index contributed by atoms with van der Waals surface area (Å²) >= 11 is 10.8. The Morgan fingerprint density at radius 3 is 3.00 bits per heavy atom. The zero-order valence-corrected chi connectivity index (χ0v) is 14.0. The van der Waals surface area contributed by atoms with E-state index in [1.54, 1.807) is 19.1 Å². The number of anilines is 2. The molecule has 20 heavy (non-hydrogen) atoms. The minimum absolute atomic E-state index is 0.332. The van der Waals surface area contributed by atoms with Crippen molar-refractivity contribution in [3.8, 4) is 0 Å². The maximum atomic E-state index is 11.7. The maximum absolute atomic E-state index is 11.7. The van der Waals surface area contributed by atoms with Crippen molar-refractivity contribution in [2.75, 3.05) is 11.9 Å². The molecule has 0 aliphatic carbocycles. The van der Waals surface area contributed by atoms with Crippen molar-refractivity contribution in [2.45, 2.75) is 13.8 Å². The van der Waals surface area contributed by atoms with E-state index < -0.39 is 5.97 Å². The fourth-order valence-electron chi connectivity index (χ4n) is 1.55. The van der Waals surface area contributed by atoms with E-state index in [2.05, 4.69) is 26.2 Å². The molecule has 0 atom stereocenters. The van der Waals surface area contributed by atoms with Gasteiger partial charge in [0, 0.05) is 14.4 Å². The van der Waals surface area contributed by atoms with Gasteiger partial charge >= 0.3 is 5.97 Å². The summed E-state index contributed by atoms with van der Waals surface area (Å²) in [7, 11) is 0. The summed E-state index contributed by atoms with van der Waals surface area (Å²) < 4.78 is 5.83. The first-order chi connectivity index (χ1) is 9.51. The predicted octanol–water partition coefficient (Wildman–Crippen LogP) is 4.79. The van der Waals surface area contributed by atoms with E-state index in [4.69, 9.17) is 16.3 Å². The lowest BCUT2D eigenvalue weighted by atomic mass is 10.3. The van der Waals surface area contributed by atoms with Crippen LogP contribution in [0, 0.1) is 6.92 Å². The minimum atomic E-state index is -0.403. The third kappa shape index (κ3) is 3.50. The smallest absolute Gasteiger partial charge is 0.358 e. The normalized spacial score (nSPS) is 10.4. The van der Waals surface area contributed by atoms with E-state index in [-0.39, 0.29) is 0 Å². The zero-order valence-electron chi connectivity index (χ0n) is 10.9. The number of thiazole rings is 1. The summed E-state index contributed by atoms with van der Waals surface area (Å²) in [5, 5.41) is 4.38. The van der Waals surface area contributed by atoms with Gasteiger partial charge in [0.25, 0.3) is 0 Å². The molecule has 1 heterocycles. The van der Waals surface area contributed by atoms with E-state index in [0.29, 0.717) is 22.5 Å². The number of ether oxygens (including phenoxy) is 1. The van der Waals surface area contributed by atoms with Gasteiger partial charge in [-0.3, -0.25) is 0 Å². The number of nitrogens with one attached hydrogen (secondary N) is 1. The number of rotatable bonds is 4. The second kappa shape index (κ2) is 6.56. The van der Waals surface area contributed by atoms with E-state index in [0.717, 1.165) is 15.0 Å². The van der Waals surface area contributed by atoms with Crippen molar-refractivity contribution in [3.63, 3.8) is 0 Å². The van der Waals surface area contributed by atoms with Gasteiger partial charge in [-0.25, -0.2) is 9.78 Å². The molecule has 0 fully saturated rings. The summed E-state index contributed by atoms with van der Waals surface area (Å²) in [4.78, 5) is 16.8. The average molecular weight is 376 g/mol. The van der Waals surface area contributed by atoms with Crippen molar-refractivity contribution in [3.05, 3.63) is 38.3 Å². The molecule has 0 radical (unpaired) electrons. The lowest BCUT2D eigenvalue weighted by molar-refractivity contribution is 0.0519. The number of nitrogens with zero attached hydrogens (tertiary/aromatic N) is 1. The van der Waals surface area contributed by atoms with Crippen molar-refractivity contribution < 1.29 is 9.53 Å². The van der Waals surface area contributed by atoms with Crippen LogP contribution < -0.4 is 5.32 Å². The average Bonchev–Trinajstić information content (AvgIpc) is 2.75. The number of benzene rings is 1. The second-order valence-corrected chi connectivity index (χ2v) is 6.39. The first-order valence-corrected chi connectivity index (χ1v) is 7.86. The summed E-state index contributed by atoms with van der Waals surface area (Å²) in [6.45, 7) is 3.93. The molecule has 0 saturated heterocycles. The third-order valence-electron chi connectivity index (χ3n) is 2.44. The summed E-state index contributed by atoms with van der Waals surface area (Å²) in [5.41, 5.74) is 1.14. The van der Waals surface area contributed by atoms with Gasteiger partial charge in [-0.2, -0.15) is 0 Å². The van der Waals surface area contributed by atoms with Crippen LogP contribution in [0.4, 0.5) is 10.8 Å². The molecule has 7 heteroatoms. The number of halogens is 2. The van der Waals surface area contributed by atoms with Gasteiger partial charge in [-0.15, -0.1) is 11.3 Å². The molecule has 1 aromatic carbocycles. The quantitative estimate of drug-likeness (QED) is 0.781. The van der Waals surface area contributed by atoms with Crippen LogP contribution in [0.3, 0.4) is 0 Å². The Morgan fingerprint density at radius 2 is 2.30 bits per heavy atom. The van der Waals surface area contributed by atoms with Crippen LogP contribution in [0.2, 0.25) is 5.02 Å². The van der Waals surface area contributed by atoms with Gasteiger partial charge in [0.15, 0.2) is 10.8 Å². The Kier molecular flexibility index (Phi) is 5.01. The molecular formula is C13H12BrClN2O2S. The van der Waals surface area contributed by atoms with Gasteiger partial charge in [-0.1, -0.05) is 11.6 Å². The molecule has 0 spiro atoms. The fourth-order valence-corrected chi connectivity index (χ4v) is 2.88. The molecule has 0 amide bonds. The lowest BCUT2D eigenvalue weighted by Gasteiger charge is -2.05. The Morgan fingerprint density at radius 1 is 1.55 bits per heavy atom. The molecule has 1 aromatic heterocycles. The van der Waals surface area contributed by atoms with Gasteiger partial charge in [0.05, 0.1) is 12.3 Å². The van der Waals surface area contributed by atoms with Crippen molar-refractivity contribution in [2.24, 2.45) is 0 Å². The first kappa shape index (κ1) is 15.3. The Hall–Kier alpha value is -1.11. The number of aromatic nitrogens is 1. The third-order valence-corrected chi connectivity index (χ3v) is 4.25. The molecule has 0 bridgehead atoms. The molecule has 0 aliphatic rings. The highest BCUT2D eigenvalue weighted by Gasteiger charge is 2.16. The largest absolute Gasteiger partial charge is 0.461 e. The maximum Gasteiger partial charge on any atom is 0.358 e. The van der Waals surface area contributed by atoms with Crippen molar-refractivity contribution in [1.82, 2.24) is 4.98 Å². The SMILES string of the molecule is CCOC(=O)c1nc(Nc2cc(Cl)ccc2Br)sc1C. The lowest BCUT2D eigenvalue weighted by Crippen LogP contribution is -2.06. The molecule has 0 saturated carbocycles. The van der Waals surface area contributed by atoms with Crippen LogP contribution in [0.5, 0.6) is 0 Å². The highest BCUT2D eigenvalue weighted by molar-refractivity contribution is 9.10. The number of hydrogen-bond donors (Lipinski definition) is 1. The Balaban J connectivity index is 2.24. The predicted molar refractivity (Wildman–Crippen MR) is 85.2 cm³/mol. The summed E-state index contributed by atoms with van der Waals surface area (Å²) in [6, 6.07) is 5.41. The molecule has 0 aliphatic heterocycles. The second-order valence-electron chi connectivity index (χ2n) is 3.89. The topological polar surface area (TPSA) is 51.2 Å². The van der Waals surface area contributed by atoms with Crippen LogP contribution in [0.25, 0.3) is 0 Å². The highest BCUT2D eigenvalue weighted by Crippen LogP contribution is 2.31. The molecule has 106 valence electrons. The molecule has 2 rings (SSSR count). The standard InChI is InChI=1S/C13H12BrClN2O2S/c1-3-19-12(18)11-7(2)20-13(17-11)16-10-6-8(15)4-5-9(10)14/h4-6H,3H2,1-2H3,(H,16,17). The number of hydrogen-bond acceptors (Lipinski definition) is 5. The molecule has 4 nitrogen and oxygen atoms in total. The number of esters is 1. The number of carbonyl (C=O) groups is 1. The van der Waals surface area contributed by atoms with Crippen LogP contribution in [-0.4, -0.2) is 17.6 Å². The van der Waals surface area contributed by atoms with Crippen LogP contribution >= 0.6 is 38.9 Å². The van der Waals surface area contributed by atoms with E-state index >= 15 is 0 Å². The Bertz CT molecular complexity index is 645. The van der Waals surface area contributed by atoms with Crippen LogP contribution in [0.1, 0.15) is 22.3 Å². The van der Waals surface area contributed by atoms with Gasteiger partial charge < -0.3 is 10.1 Å². The van der Waals surface area contributed by atoms with Crippen LogP contribution in [-0.2, 0) is 4.74 Å². The van der Waals surface area contributed by atoms with E-state index in [1.165, 1.54) is 11.3 Å². The van der Waals surface area contributed by atoms with Gasteiger partial charge in [0.1, 0.15) is 0 Å². The van der Waals surface area contributed by atoms with E-state index in [9.17, 15) is 4.79 Å². The number of aryl methyl sites for hydroxylation is 1. The highest BCUT2D eigenvalue weighted by atomic mass is 79.9. The number of carbonyl (C=O) groups excluding carboxylic acids is 1. The van der Waals surface area contributed by atoms with Gasteiger partial charge in [0.2, 0.25) is 0 Å². The summed E-state index contributed by atoms with van der Waals surface area (Å²) in [5.74, 6) is -0.403. The minimum Gasteiger partial charge on any atom is -0.461 e. The van der Waals surface area contributed by atoms with Gasteiger partial charge in [-0.05, 0) is 48.0 Å². The summed E-state index contributed by atoms with van der Waals surface area (Å²) in [6.07, 6.45) is 0. The molecular weight excluding hydrogens is 364 g/mol. The zero-order chi connectivity index (χ0) is 14.7. The molecule has 2 aromatic rings. The molecule has 0 unspecified atom stereocenters. The van der Waals surface area contributed by atoms with Crippen molar-refractivity contribution >= 4 is 55.7 Å². The first-order valence-electron chi connectivity index (χ1n) is 5.88. The van der Waals surface area contributed by atoms with Crippen LogP contribution in [0.15, 0.2) is 22.7 Å². The Labute approximate surface area is 134 Å². The van der Waals surface area contributed by atoms with Crippen molar-refractivity contribution in [1.29, 1.82) is 0 Å². The van der Waals surface area contributed by atoms with E-state index in [1.807, 2.05) is 13.0 Å².